The largest absolute Gasteiger partial charge is 0.507 e. The average molecular weight is 440 g/mol. The molecule has 1 saturated carbocycles. The number of Topliss-reactive ketones (excluding diaryl/α,β-unsaturated/α-hetero) is 1. The van der Waals surface area contributed by atoms with E-state index in [2.05, 4.69) is 0 Å². The van der Waals surface area contributed by atoms with Crippen molar-refractivity contribution in [3.05, 3.63) is 69.8 Å². The lowest BCUT2D eigenvalue weighted by molar-refractivity contribution is -0.141. The fourth-order valence-corrected chi connectivity index (χ4v) is 4.92. The maximum Gasteiger partial charge on any atom is 0.295 e. The normalized spacial score (nSPS) is 21.5. The number of rotatable bonds is 4. The highest BCUT2D eigenvalue weighted by molar-refractivity contribution is 6.47. The van der Waals surface area contributed by atoms with Crippen molar-refractivity contribution in [2.45, 2.75) is 51.1 Å². The van der Waals surface area contributed by atoms with Crippen LogP contribution in [0.15, 0.2) is 48.0 Å². The van der Waals surface area contributed by atoms with E-state index in [9.17, 15) is 14.7 Å². The number of methoxy groups -OCH3 is 1. The van der Waals surface area contributed by atoms with Gasteiger partial charge in [0.1, 0.15) is 11.5 Å². The predicted molar refractivity (Wildman–Crippen MR) is 120 cm³/mol. The number of aliphatic hydroxyl groups is 1. The number of hydrogen-bond acceptors (Lipinski definition) is 4. The Labute approximate surface area is 187 Å². The summed E-state index contributed by atoms with van der Waals surface area (Å²) in [6.45, 7) is 1.97. The highest BCUT2D eigenvalue weighted by Crippen LogP contribution is 2.44. The molecule has 1 saturated heterocycles. The molecule has 1 amide bonds. The monoisotopic (exact) mass is 439 g/mol. The van der Waals surface area contributed by atoms with E-state index >= 15 is 0 Å². The summed E-state index contributed by atoms with van der Waals surface area (Å²) in [6, 6.07) is 11.9. The van der Waals surface area contributed by atoms with Crippen LogP contribution >= 0.6 is 11.6 Å². The van der Waals surface area contributed by atoms with Gasteiger partial charge in [0.25, 0.3) is 11.7 Å². The number of aryl methyl sites for hydroxylation is 1. The molecule has 5 nitrogen and oxygen atoms in total. The summed E-state index contributed by atoms with van der Waals surface area (Å²) >= 11 is 6.36. The summed E-state index contributed by atoms with van der Waals surface area (Å²) in [5.74, 6) is -1.00. The van der Waals surface area contributed by atoms with E-state index in [1.54, 1.807) is 23.1 Å². The molecule has 0 radical (unpaired) electrons. The molecule has 2 aromatic rings. The van der Waals surface area contributed by atoms with Crippen molar-refractivity contribution in [2.75, 3.05) is 7.11 Å². The first kappa shape index (κ1) is 21.4. The quantitative estimate of drug-likeness (QED) is 0.393. The van der Waals surface area contributed by atoms with Crippen LogP contribution in [0.3, 0.4) is 0 Å². The first-order valence-electron chi connectivity index (χ1n) is 10.6. The van der Waals surface area contributed by atoms with Crippen molar-refractivity contribution in [3.63, 3.8) is 0 Å². The molecule has 31 heavy (non-hydrogen) atoms. The molecule has 1 aliphatic carbocycles. The maximum atomic E-state index is 13.2. The predicted octanol–water partition coefficient (Wildman–Crippen LogP) is 5.41. The van der Waals surface area contributed by atoms with Crippen LogP contribution in [0.25, 0.3) is 5.76 Å². The van der Waals surface area contributed by atoms with Crippen LogP contribution in [0, 0.1) is 6.92 Å². The van der Waals surface area contributed by atoms with Crippen LogP contribution in [0.2, 0.25) is 5.02 Å². The summed E-state index contributed by atoms with van der Waals surface area (Å²) in [5.41, 5.74) is 2.19. The molecule has 2 fully saturated rings. The zero-order chi connectivity index (χ0) is 22.1. The van der Waals surface area contributed by atoms with Crippen LogP contribution in [0.5, 0.6) is 5.75 Å². The number of amides is 1. The van der Waals surface area contributed by atoms with Crippen LogP contribution in [0.1, 0.15) is 54.8 Å². The number of carbonyl (C=O) groups is 2. The Hall–Kier alpha value is -2.79. The lowest BCUT2D eigenvalue weighted by Gasteiger charge is -2.35. The number of nitrogens with zero attached hydrogens (tertiary/aromatic N) is 1. The van der Waals surface area contributed by atoms with Crippen molar-refractivity contribution in [3.8, 4) is 5.75 Å². The van der Waals surface area contributed by atoms with Crippen LogP contribution in [0.4, 0.5) is 0 Å². The number of ether oxygens (including phenoxy) is 1. The zero-order valence-corrected chi connectivity index (χ0v) is 18.5. The Balaban J connectivity index is 1.91. The van der Waals surface area contributed by atoms with Gasteiger partial charge in [-0.25, -0.2) is 0 Å². The van der Waals surface area contributed by atoms with E-state index in [1.165, 1.54) is 7.11 Å². The van der Waals surface area contributed by atoms with Crippen molar-refractivity contribution < 1.29 is 19.4 Å². The molecule has 1 aliphatic heterocycles. The minimum atomic E-state index is -0.673. The van der Waals surface area contributed by atoms with E-state index < -0.39 is 17.7 Å². The van der Waals surface area contributed by atoms with Crippen molar-refractivity contribution in [2.24, 2.45) is 0 Å². The van der Waals surface area contributed by atoms with Gasteiger partial charge >= 0.3 is 0 Å². The molecule has 0 aromatic heterocycles. The van der Waals surface area contributed by atoms with Crippen molar-refractivity contribution in [1.29, 1.82) is 0 Å². The average Bonchev–Trinajstić information content (AvgIpc) is 3.05. The van der Waals surface area contributed by atoms with Gasteiger partial charge in [0.05, 0.1) is 23.7 Å². The lowest BCUT2D eigenvalue weighted by Crippen LogP contribution is -2.40. The molecule has 6 heteroatoms. The molecule has 162 valence electrons. The van der Waals surface area contributed by atoms with Gasteiger partial charge in [-0.2, -0.15) is 0 Å². The maximum absolute atomic E-state index is 13.2. The summed E-state index contributed by atoms with van der Waals surface area (Å²) in [6.07, 6.45) is 4.89. The van der Waals surface area contributed by atoms with Gasteiger partial charge in [-0.1, -0.05) is 60.7 Å². The highest BCUT2D eigenvalue weighted by atomic mass is 35.5. The minimum Gasteiger partial charge on any atom is -0.507 e. The SMILES string of the molecule is COc1ccc(Cl)c(/C(O)=C2\C(=O)C(=O)N(C3CCCCC3)C2c2cccc(C)c2)c1. The Kier molecular flexibility index (Phi) is 6.05. The van der Waals surface area contributed by atoms with Crippen LogP contribution < -0.4 is 4.74 Å². The van der Waals surface area contributed by atoms with E-state index in [-0.39, 0.29) is 28.0 Å². The van der Waals surface area contributed by atoms with Gasteiger partial charge in [0.15, 0.2) is 0 Å². The third-order valence-electron chi connectivity index (χ3n) is 6.23. The molecule has 0 bridgehead atoms. The number of halogens is 1. The molecule has 2 aromatic carbocycles. The highest BCUT2D eigenvalue weighted by Gasteiger charge is 2.49. The van der Waals surface area contributed by atoms with E-state index in [0.29, 0.717) is 5.75 Å². The van der Waals surface area contributed by atoms with Crippen LogP contribution in [-0.4, -0.2) is 34.8 Å². The lowest BCUT2D eigenvalue weighted by atomic mass is 9.90. The molecule has 0 spiro atoms. The van der Waals surface area contributed by atoms with Gasteiger partial charge in [-0.15, -0.1) is 0 Å². The van der Waals surface area contributed by atoms with E-state index in [0.717, 1.165) is 43.2 Å². The summed E-state index contributed by atoms with van der Waals surface area (Å²) < 4.78 is 5.26. The molecule has 1 N–H and O–H groups in total. The fraction of sp³-hybridized carbons (Fsp3) is 0.360. The van der Waals surface area contributed by atoms with E-state index in [1.807, 2.05) is 31.2 Å². The molecule has 2 aliphatic rings. The first-order valence-corrected chi connectivity index (χ1v) is 11.0. The molecule has 4 rings (SSSR count). The zero-order valence-electron chi connectivity index (χ0n) is 17.7. The van der Waals surface area contributed by atoms with Crippen LogP contribution in [-0.2, 0) is 9.59 Å². The smallest absolute Gasteiger partial charge is 0.295 e. The number of ketones is 1. The van der Waals surface area contributed by atoms with Gasteiger partial charge in [-0.3, -0.25) is 9.59 Å². The summed E-state index contributed by atoms with van der Waals surface area (Å²) in [7, 11) is 1.52. The first-order chi connectivity index (χ1) is 14.9. The number of carbonyl (C=O) groups excluding carboxylic acids is 2. The Morgan fingerprint density at radius 3 is 2.52 bits per heavy atom. The number of benzene rings is 2. The second kappa shape index (κ2) is 8.75. The van der Waals surface area contributed by atoms with Gasteiger partial charge in [-0.05, 0) is 43.5 Å². The molecule has 1 unspecified atom stereocenters. The van der Waals surface area contributed by atoms with Gasteiger partial charge in [0, 0.05) is 11.6 Å². The number of aliphatic hydroxyl groups excluding tert-OH is 1. The second-order valence-electron chi connectivity index (χ2n) is 8.26. The Morgan fingerprint density at radius 1 is 1.10 bits per heavy atom. The number of likely N-dealkylation sites (tertiary alicyclic amines) is 1. The summed E-state index contributed by atoms with van der Waals surface area (Å²) in [5, 5.41) is 11.5. The molecule has 1 heterocycles. The third kappa shape index (κ3) is 3.94. The van der Waals surface area contributed by atoms with Gasteiger partial charge < -0.3 is 14.7 Å². The third-order valence-corrected chi connectivity index (χ3v) is 6.56. The summed E-state index contributed by atoms with van der Waals surface area (Å²) in [4.78, 5) is 28.1. The number of hydrogen-bond donors (Lipinski definition) is 1. The molecule has 1 atom stereocenters. The van der Waals surface area contributed by atoms with Gasteiger partial charge in [0.2, 0.25) is 0 Å². The topological polar surface area (TPSA) is 66.8 Å². The molecular formula is C25H26ClNO4. The van der Waals surface area contributed by atoms with Crippen molar-refractivity contribution in [1.82, 2.24) is 4.90 Å². The molecular weight excluding hydrogens is 414 g/mol. The Morgan fingerprint density at radius 2 is 1.84 bits per heavy atom. The minimum absolute atomic E-state index is 0.0261. The van der Waals surface area contributed by atoms with E-state index in [4.69, 9.17) is 16.3 Å². The fourth-order valence-electron chi connectivity index (χ4n) is 4.71. The standard InChI is InChI=1S/C25H26ClNO4/c1-15-7-6-8-16(13-15)22-21(23(28)19-14-18(31-2)11-12-20(19)26)24(29)25(30)27(22)17-9-4-3-5-10-17/h6-8,11-14,17,22,28H,3-5,9-10H2,1-2H3/b23-21+. The second-order valence-corrected chi connectivity index (χ2v) is 8.67. The Bertz CT molecular complexity index is 1060. The van der Waals surface area contributed by atoms with Crippen molar-refractivity contribution >= 4 is 29.1 Å².